The summed E-state index contributed by atoms with van der Waals surface area (Å²) in [5.74, 6) is -0.760. The molecule has 0 amide bonds. The fourth-order valence-electron chi connectivity index (χ4n) is 1.76. The second-order valence-electron chi connectivity index (χ2n) is 4.31. The third-order valence-electron chi connectivity index (χ3n) is 2.94. The lowest BCUT2D eigenvalue weighted by molar-refractivity contribution is -0.152. The zero-order chi connectivity index (χ0) is 12.8. The molecular formula is C13H17BrO3. The molecular weight excluding hydrogens is 284 g/mol. The van der Waals surface area contributed by atoms with Gasteiger partial charge in [-0.3, -0.25) is 4.79 Å². The predicted octanol–water partition coefficient (Wildman–Crippen LogP) is 2.80. The van der Waals surface area contributed by atoms with E-state index in [4.69, 9.17) is 4.74 Å². The number of alkyl halides is 1. The van der Waals surface area contributed by atoms with Crippen LogP contribution in [0.2, 0.25) is 0 Å². The Hall–Kier alpha value is -0.900. The molecule has 0 spiro atoms. The quantitative estimate of drug-likeness (QED) is 0.339. The van der Waals surface area contributed by atoms with Crippen LogP contribution in [0.15, 0.2) is 23.8 Å². The third kappa shape index (κ3) is 4.46. The monoisotopic (exact) mass is 300 g/mol. The number of Topliss-reactive ketones (excluding diaryl/α,β-unsaturated/α-hetero) is 1. The van der Waals surface area contributed by atoms with Gasteiger partial charge in [-0.1, -0.05) is 34.2 Å². The summed E-state index contributed by atoms with van der Waals surface area (Å²) in [5.41, 5.74) is 2.30. The molecule has 0 bridgehead atoms. The summed E-state index contributed by atoms with van der Waals surface area (Å²) < 4.78 is 4.92. The van der Waals surface area contributed by atoms with Crippen LogP contribution in [0.3, 0.4) is 0 Å². The van der Waals surface area contributed by atoms with Crippen molar-refractivity contribution >= 4 is 27.7 Å². The highest BCUT2D eigenvalue weighted by Crippen LogP contribution is 2.28. The van der Waals surface area contributed by atoms with Crippen LogP contribution in [0.1, 0.15) is 26.2 Å². The number of esters is 1. The molecule has 0 aromatic heterocycles. The first-order valence-electron chi connectivity index (χ1n) is 5.63. The summed E-state index contributed by atoms with van der Waals surface area (Å²) in [5, 5.41) is 0.0165. The van der Waals surface area contributed by atoms with Crippen molar-refractivity contribution in [3.8, 4) is 0 Å². The molecule has 1 aliphatic rings. The van der Waals surface area contributed by atoms with E-state index in [-0.39, 0.29) is 11.9 Å². The largest absolute Gasteiger partial charge is 0.455 e. The molecule has 0 N–H and O–H groups in total. The van der Waals surface area contributed by atoms with Gasteiger partial charge in [0, 0.05) is 0 Å². The Kier molecular flexibility index (Phi) is 5.62. The van der Waals surface area contributed by atoms with E-state index in [9.17, 15) is 9.59 Å². The van der Waals surface area contributed by atoms with E-state index in [1.54, 1.807) is 0 Å². The van der Waals surface area contributed by atoms with Crippen LogP contribution in [-0.2, 0) is 14.3 Å². The Morgan fingerprint density at radius 3 is 2.76 bits per heavy atom. The maximum Gasteiger partial charge on any atom is 0.375 e. The van der Waals surface area contributed by atoms with E-state index >= 15 is 0 Å². The highest BCUT2D eigenvalue weighted by atomic mass is 79.9. The molecule has 0 radical (unpaired) electrons. The van der Waals surface area contributed by atoms with E-state index in [0.29, 0.717) is 5.92 Å². The van der Waals surface area contributed by atoms with E-state index < -0.39 is 11.8 Å². The van der Waals surface area contributed by atoms with Gasteiger partial charge in [-0.2, -0.15) is 0 Å². The maximum atomic E-state index is 11.1. The maximum absolute atomic E-state index is 11.1. The average molecular weight is 301 g/mol. The van der Waals surface area contributed by atoms with Crippen LogP contribution in [0.4, 0.5) is 0 Å². The van der Waals surface area contributed by atoms with Gasteiger partial charge in [-0.25, -0.2) is 4.79 Å². The normalized spacial score (nSPS) is 19.4. The van der Waals surface area contributed by atoms with Crippen LogP contribution in [0, 0.1) is 5.92 Å². The van der Waals surface area contributed by atoms with Gasteiger partial charge in [0.05, 0.1) is 5.33 Å². The third-order valence-corrected chi connectivity index (χ3v) is 3.45. The van der Waals surface area contributed by atoms with Crippen LogP contribution < -0.4 is 0 Å². The topological polar surface area (TPSA) is 43.4 Å². The summed E-state index contributed by atoms with van der Waals surface area (Å²) >= 11 is 2.93. The molecule has 94 valence electrons. The van der Waals surface area contributed by atoms with Gasteiger partial charge in [0.1, 0.15) is 6.61 Å². The standard InChI is InChI=1S/C13H17BrO3/c1-9(2)11-5-3-10(4-6-11)8-17-13(16)12(15)7-14/h3,11H,1,4-8H2,2H3. The molecule has 0 aromatic rings. The van der Waals surface area contributed by atoms with Crippen molar-refractivity contribution in [3.63, 3.8) is 0 Å². The van der Waals surface area contributed by atoms with Crippen LogP contribution in [0.25, 0.3) is 0 Å². The zero-order valence-corrected chi connectivity index (χ0v) is 11.6. The second-order valence-corrected chi connectivity index (χ2v) is 4.87. The molecule has 4 heteroatoms. The Balaban J connectivity index is 2.37. The number of ether oxygens (including phenoxy) is 1. The zero-order valence-electron chi connectivity index (χ0n) is 10.0. The lowest BCUT2D eigenvalue weighted by Gasteiger charge is -2.21. The molecule has 0 aliphatic heterocycles. The minimum absolute atomic E-state index is 0.0165. The minimum atomic E-state index is -0.759. The van der Waals surface area contributed by atoms with Gasteiger partial charge in [0.2, 0.25) is 0 Å². The Morgan fingerprint density at radius 2 is 2.29 bits per heavy atom. The Bertz CT molecular complexity index is 358. The first-order valence-corrected chi connectivity index (χ1v) is 6.76. The van der Waals surface area contributed by atoms with Gasteiger partial charge in [-0.15, -0.1) is 0 Å². The van der Waals surface area contributed by atoms with Crippen molar-refractivity contribution < 1.29 is 14.3 Å². The molecule has 1 rings (SSSR count). The molecule has 0 saturated carbocycles. The number of rotatable bonds is 5. The molecule has 17 heavy (non-hydrogen) atoms. The molecule has 0 heterocycles. The second kappa shape index (κ2) is 6.74. The summed E-state index contributed by atoms with van der Waals surface area (Å²) in [4.78, 5) is 22.1. The van der Waals surface area contributed by atoms with Gasteiger partial charge in [-0.05, 0) is 37.7 Å². The highest BCUT2D eigenvalue weighted by molar-refractivity contribution is 9.09. The summed E-state index contributed by atoms with van der Waals surface area (Å²) in [7, 11) is 0. The van der Waals surface area contributed by atoms with Crippen molar-refractivity contribution in [1.29, 1.82) is 0 Å². The molecule has 0 aromatic carbocycles. The minimum Gasteiger partial charge on any atom is -0.455 e. The highest BCUT2D eigenvalue weighted by Gasteiger charge is 2.17. The Labute approximate surface area is 110 Å². The van der Waals surface area contributed by atoms with Crippen LogP contribution >= 0.6 is 15.9 Å². The molecule has 1 aliphatic carbocycles. The summed E-state index contributed by atoms with van der Waals surface area (Å²) in [6.07, 6.45) is 5.00. The number of carbonyl (C=O) groups excluding carboxylic acids is 2. The summed E-state index contributed by atoms with van der Waals surface area (Å²) in [6.45, 7) is 6.22. The molecule has 3 nitrogen and oxygen atoms in total. The first kappa shape index (κ1) is 14.2. The van der Waals surface area contributed by atoms with Gasteiger partial charge in [0.15, 0.2) is 0 Å². The molecule has 0 saturated heterocycles. The fourth-order valence-corrected chi connectivity index (χ4v) is 1.99. The number of halogens is 1. The van der Waals surface area contributed by atoms with Crippen molar-refractivity contribution in [1.82, 2.24) is 0 Å². The van der Waals surface area contributed by atoms with Gasteiger partial charge < -0.3 is 4.74 Å². The average Bonchev–Trinajstić information content (AvgIpc) is 2.35. The fraction of sp³-hybridized carbons (Fsp3) is 0.538. The van der Waals surface area contributed by atoms with Crippen LogP contribution in [0.5, 0.6) is 0 Å². The summed E-state index contributed by atoms with van der Waals surface area (Å²) in [6, 6.07) is 0. The van der Waals surface area contributed by atoms with Crippen molar-refractivity contribution in [2.75, 3.05) is 11.9 Å². The van der Waals surface area contributed by atoms with E-state index in [2.05, 4.69) is 28.6 Å². The Morgan fingerprint density at radius 1 is 1.59 bits per heavy atom. The molecule has 1 atom stereocenters. The predicted molar refractivity (Wildman–Crippen MR) is 70.0 cm³/mol. The number of allylic oxidation sites excluding steroid dienone is 2. The lowest BCUT2D eigenvalue weighted by Crippen LogP contribution is -2.20. The number of hydrogen-bond acceptors (Lipinski definition) is 3. The number of hydrogen-bond donors (Lipinski definition) is 0. The van der Waals surface area contributed by atoms with Gasteiger partial charge in [0.25, 0.3) is 5.78 Å². The molecule has 0 fully saturated rings. The van der Waals surface area contributed by atoms with Crippen molar-refractivity contribution in [2.24, 2.45) is 5.92 Å². The van der Waals surface area contributed by atoms with E-state index in [0.717, 1.165) is 24.8 Å². The lowest BCUT2D eigenvalue weighted by atomic mass is 9.86. The first-order chi connectivity index (χ1) is 8.04. The van der Waals surface area contributed by atoms with Crippen LogP contribution in [-0.4, -0.2) is 23.7 Å². The van der Waals surface area contributed by atoms with Crippen molar-refractivity contribution in [3.05, 3.63) is 23.8 Å². The smallest absolute Gasteiger partial charge is 0.375 e. The van der Waals surface area contributed by atoms with E-state index in [1.165, 1.54) is 5.57 Å². The number of carbonyl (C=O) groups is 2. The van der Waals surface area contributed by atoms with Gasteiger partial charge >= 0.3 is 5.97 Å². The number of ketones is 1. The molecule has 1 unspecified atom stereocenters. The van der Waals surface area contributed by atoms with Crippen molar-refractivity contribution in [2.45, 2.75) is 26.2 Å². The SMILES string of the molecule is C=C(C)C1CC=C(COC(=O)C(=O)CBr)CC1. The van der Waals surface area contributed by atoms with E-state index in [1.807, 2.05) is 6.92 Å².